The smallest absolute Gasteiger partial charge is 0.330 e. The molecule has 0 unspecified atom stereocenters. The summed E-state index contributed by atoms with van der Waals surface area (Å²) in [5.74, 6) is 0.622. The van der Waals surface area contributed by atoms with E-state index in [0.29, 0.717) is 29.7 Å². The summed E-state index contributed by atoms with van der Waals surface area (Å²) in [6.45, 7) is 3.90. The van der Waals surface area contributed by atoms with E-state index in [9.17, 15) is 13.2 Å². The van der Waals surface area contributed by atoms with E-state index in [1.54, 1.807) is 11.6 Å². The van der Waals surface area contributed by atoms with Crippen molar-refractivity contribution >= 4 is 11.0 Å². The Hall–Kier alpha value is -1.56. The molecule has 0 saturated carbocycles. The molecule has 0 aliphatic carbocycles. The summed E-state index contributed by atoms with van der Waals surface area (Å²) in [5.41, 5.74) is 5.98. The molecule has 0 fully saturated rings. The summed E-state index contributed by atoms with van der Waals surface area (Å²) >= 11 is 0. The van der Waals surface area contributed by atoms with Crippen molar-refractivity contribution in [3.05, 3.63) is 29.6 Å². The summed E-state index contributed by atoms with van der Waals surface area (Å²) in [4.78, 5) is 4.34. The fourth-order valence-electron chi connectivity index (χ4n) is 2.39. The van der Waals surface area contributed by atoms with Gasteiger partial charge in [0.1, 0.15) is 5.82 Å². The SMILES string of the molecule is CCC(N)(CC)c1nc2cc(C(F)(F)F)ccc2n1C. The molecule has 110 valence electrons. The highest BCUT2D eigenvalue weighted by Crippen LogP contribution is 2.33. The molecule has 0 bridgehead atoms. The van der Waals surface area contributed by atoms with Gasteiger partial charge >= 0.3 is 6.18 Å². The first-order valence-corrected chi connectivity index (χ1v) is 6.56. The molecule has 0 atom stereocenters. The Morgan fingerprint density at radius 3 is 2.30 bits per heavy atom. The Morgan fingerprint density at radius 2 is 1.80 bits per heavy atom. The monoisotopic (exact) mass is 285 g/mol. The number of benzene rings is 1. The zero-order valence-electron chi connectivity index (χ0n) is 11.8. The van der Waals surface area contributed by atoms with Gasteiger partial charge in [0.25, 0.3) is 0 Å². The minimum atomic E-state index is -4.36. The number of nitrogens with zero attached hydrogens (tertiary/aromatic N) is 2. The first kappa shape index (κ1) is 14.8. The van der Waals surface area contributed by atoms with Crippen molar-refractivity contribution in [3.8, 4) is 0 Å². The van der Waals surface area contributed by atoms with Crippen LogP contribution in [-0.4, -0.2) is 9.55 Å². The summed E-state index contributed by atoms with van der Waals surface area (Å²) in [6, 6.07) is 3.59. The second kappa shape index (κ2) is 4.77. The fraction of sp³-hybridized carbons (Fsp3) is 0.500. The molecule has 2 rings (SSSR count). The summed E-state index contributed by atoms with van der Waals surface area (Å²) < 4.78 is 40.0. The van der Waals surface area contributed by atoms with Gasteiger partial charge in [-0.25, -0.2) is 4.98 Å². The van der Waals surface area contributed by atoms with E-state index in [4.69, 9.17) is 5.73 Å². The number of halogens is 3. The van der Waals surface area contributed by atoms with Crippen LogP contribution in [-0.2, 0) is 18.8 Å². The van der Waals surface area contributed by atoms with Crippen LogP contribution in [0.15, 0.2) is 18.2 Å². The van der Waals surface area contributed by atoms with Gasteiger partial charge < -0.3 is 10.3 Å². The highest BCUT2D eigenvalue weighted by Gasteiger charge is 2.32. The van der Waals surface area contributed by atoms with Crippen LogP contribution in [0.3, 0.4) is 0 Å². The molecule has 3 nitrogen and oxygen atoms in total. The lowest BCUT2D eigenvalue weighted by Gasteiger charge is -2.25. The van der Waals surface area contributed by atoms with Gasteiger partial charge in [-0.1, -0.05) is 13.8 Å². The van der Waals surface area contributed by atoms with Gasteiger partial charge in [-0.2, -0.15) is 13.2 Å². The van der Waals surface area contributed by atoms with E-state index in [0.717, 1.165) is 12.1 Å². The fourth-order valence-corrected chi connectivity index (χ4v) is 2.39. The Bertz CT molecular complexity index is 624. The van der Waals surface area contributed by atoms with Crippen LogP contribution < -0.4 is 5.73 Å². The van der Waals surface area contributed by atoms with Crippen LogP contribution in [0.1, 0.15) is 38.1 Å². The molecule has 20 heavy (non-hydrogen) atoms. The second-order valence-electron chi connectivity index (χ2n) is 5.06. The lowest BCUT2D eigenvalue weighted by molar-refractivity contribution is -0.137. The number of fused-ring (bicyclic) bond motifs is 1. The normalized spacial score (nSPS) is 13.2. The molecule has 0 aliphatic heterocycles. The lowest BCUT2D eigenvalue weighted by atomic mass is 9.93. The zero-order chi connectivity index (χ0) is 15.1. The number of imidazole rings is 1. The summed E-state index contributed by atoms with van der Waals surface area (Å²) in [5, 5.41) is 0. The van der Waals surface area contributed by atoms with Crippen molar-refractivity contribution in [2.24, 2.45) is 12.8 Å². The number of rotatable bonds is 3. The van der Waals surface area contributed by atoms with Gasteiger partial charge in [-0.15, -0.1) is 0 Å². The van der Waals surface area contributed by atoms with Crippen molar-refractivity contribution in [3.63, 3.8) is 0 Å². The quantitative estimate of drug-likeness (QED) is 0.937. The standard InChI is InChI=1S/C14H18F3N3/c1-4-13(18,5-2)12-19-10-8-9(14(15,16)17)6-7-11(10)20(12)3/h6-8H,4-5,18H2,1-3H3. The van der Waals surface area contributed by atoms with Gasteiger partial charge in [0, 0.05) is 7.05 Å². The molecule has 1 heterocycles. The van der Waals surface area contributed by atoms with Crippen LogP contribution in [0.4, 0.5) is 13.2 Å². The van der Waals surface area contributed by atoms with E-state index in [-0.39, 0.29) is 0 Å². The van der Waals surface area contributed by atoms with Gasteiger partial charge in [-0.05, 0) is 31.0 Å². The van der Waals surface area contributed by atoms with Crippen LogP contribution in [0, 0.1) is 0 Å². The first-order chi connectivity index (χ1) is 9.23. The van der Waals surface area contributed by atoms with E-state index in [2.05, 4.69) is 4.98 Å². The molecule has 2 aromatic rings. The molecule has 0 radical (unpaired) electrons. The highest BCUT2D eigenvalue weighted by atomic mass is 19.4. The van der Waals surface area contributed by atoms with Gasteiger partial charge in [0.15, 0.2) is 0 Å². The predicted molar refractivity (Wildman–Crippen MR) is 72.2 cm³/mol. The molecule has 0 amide bonds. The van der Waals surface area contributed by atoms with Gasteiger partial charge in [0.05, 0.1) is 22.1 Å². The molecule has 0 saturated heterocycles. The average molecular weight is 285 g/mol. The van der Waals surface area contributed by atoms with E-state index < -0.39 is 17.3 Å². The van der Waals surface area contributed by atoms with Crippen molar-refractivity contribution in [1.82, 2.24) is 9.55 Å². The topological polar surface area (TPSA) is 43.8 Å². The molecule has 6 heteroatoms. The van der Waals surface area contributed by atoms with E-state index >= 15 is 0 Å². The maximum Gasteiger partial charge on any atom is 0.416 e. The van der Waals surface area contributed by atoms with E-state index in [1.807, 2.05) is 13.8 Å². The summed E-state index contributed by atoms with van der Waals surface area (Å²) in [6.07, 6.45) is -3.01. The van der Waals surface area contributed by atoms with Crippen LogP contribution >= 0.6 is 0 Å². The van der Waals surface area contributed by atoms with Crippen LogP contribution in [0.2, 0.25) is 0 Å². The molecule has 2 N–H and O–H groups in total. The summed E-state index contributed by atoms with van der Waals surface area (Å²) in [7, 11) is 1.78. The molecule has 1 aromatic carbocycles. The Kier molecular flexibility index (Phi) is 3.54. The third-order valence-corrected chi connectivity index (χ3v) is 3.92. The Labute approximate surface area is 115 Å². The number of nitrogens with two attached hydrogens (primary N) is 1. The van der Waals surface area contributed by atoms with Crippen LogP contribution in [0.25, 0.3) is 11.0 Å². The highest BCUT2D eigenvalue weighted by molar-refractivity contribution is 5.77. The minimum Gasteiger partial charge on any atom is -0.330 e. The predicted octanol–water partition coefficient (Wildman–Crippen LogP) is 3.57. The molecular weight excluding hydrogens is 267 g/mol. The molecule has 1 aromatic heterocycles. The molecular formula is C14H18F3N3. The lowest BCUT2D eigenvalue weighted by Crippen LogP contribution is -2.37. The number of aromatic nitrogens is 2. The Balaban J connectivity index is 2.64. The minimum absolute atomic E-state index is 0.328. The third-order valence-electron chi connectivity index (χ3n) is 3.92. The molecule has 0 spiro atoms. The van der Waals surface area contributed by atoms with Crippen molar-refractivity contribution in [1.29, 1.82) is 0 Å². The zero-order valence-corrected chi connectivity index (χ0v) is 11.8. The van der Waals surface area contributed by atoms with Crippen molar-refractivity contribution in [2.75, 3.05) is 0 Å². The van der Waals surface area contributed by atoms with E-state index in [1.165, 1.54) is 6.07 Å². The van der Waals surface area contributed by atoms with Crippen molar-refractivity contribution in [2.45, 2.75) is 38.4 Å². The maximum atomic E-state index is 12.7. The Morgan fingerprint density at radius 1 is 1.20 bits per heavy atom. The third kappa shape index (κ3) is 2.28. The first-order valence-electron chi connectivity index (χ1n) is 6.56. The molecule has 0 aliphatic rings. The van der Waals surface area contributed by atoms with Crippen LogP contribution in [0.5, 0.6) is 0 Å². The number of aryl methyl sites for hydroxylation is 1. The second-order valence-corrected chi connectivity index (χ2v) is 5.06. The van der Waals surface area contributed by atoms with Gasteiger partial charge in [-0.3, -0.25) is 0 Å². The number of alkyl halides is 3. The average Bonchev–Trinajstić information content (AvgIpc) is 2.74. The number of hydrogen-bond acceptors (Lipinski definition) is 2. The van der Waals surface area contributed by atoms with Crippen molar-refractivity contribution < 1.29 is 13.2 Å². The maximum absolute atomic E-state index is 12.7. The van der Waals surface area contributed by atoms with Gasteiger partial charge in [0.2, 0.25) is 0 Å². The number of hydrogen-bond donors (Lipinski definition) is 1. The largest absolute Gasteiger partial charge is 0.416 e.